The van der Waals surface area contributed by atoms with Gasteiger partial charge in [0.25, 0.3) is 0 Å². The lowest BCUT2D eigenvalue weighted by atomic mass is 10.0. The molecular formula is C17H27NO2S. The van der Waals surface area contributed by atoms with Gasteiger partial charge in [-0.05, 0) is 32.4 Å². The first-order chi connectivity index (χ1) is 10.2. The molecule has 0 amide bonds. The Kier molecular flexibility index (Phi) is 6.24. The number of methoxy groups -OCH3 is 1. The molecule has 0 radical (unpaired) electrons. The minimum atomic E-state index is -0.762. The SMILES string of the molecule is CCNC(CS(=O)C1CCCC1)c1cc(C)ccc1OC. The van der Waals surface area contributed by atoms with Crippen LogP contribution in [0.1, 0.15) is 49.8 Å². The zero-order chi connectivity index (χ0) is 15.2. The molecule has 2 unspecified atom stereocenters. The Morgan fingerprint density at radius 2 is 2.10 bits per heavy atom. The van der Waals surface area contributed by atoms with Crippen molar-refractivity contribution in [1.29, 1.82) is 0 Å². The normalized spacial score (nSPS) is 18.6. The van der Waals surface area contributed by atoms with Gasteiger partial charge in [0, 0.05) is 33.4 Å². The van der Waals surface area contributed by atoms with E-state index in [-0.39, 0.29) is 6.04 Å². The molecule has 1 aromatic rings. The average molecular weight is 309 g/mol. The summed E-state index contributed by atoms with van der Waals surface area (Å²) in [6, 6.07) is 6.32. The van der Waals surface area contributed by atoms with Gasteiger partial charge in [0.1, 0.15) is 5.75 Å². The lowest BCUT2D eigenvalue weighted by Crippen LogP contribution is -2.29. The van der Waals surface area contributed by atoms with E-state index in [0.29, 0.717) is 11.0 Å². The molecule has 21 heavy (non-hydrogen) atoms. The van der Waals surface area contributed by atoms with E-state index in [0.717, 1.165) is 30.7 Å². The molecule has 0 heterocycles. The van der Waals surface area contributed by atoms with Gasteiger partial charge in [0.15, 0.2) is 0 Å². The van der Waals surface area contributed by atoms with Crippen molar-refractivity contribution in [3.05, 3.63) is 29.3 Å². The van der Waals surface area contributed by atoms with Crippen LogP contribution >= 0.6 is 0 Å². The molecule has 0 aromatic heterocycles. The number of aryl methyl sites for hydroxylation is 1. The summed E-state index contributed by atoms with van der Waals surface area (Å²) in [5.41, 5.74) is 2.34. The number of hydrogen-bond acceptors (Lipinski definition) is 3. The highest BCUT2D eigenvalue weighted by Crippen LogP contribution is 2.30. The third kappa shape index (κ3) is 4.30. The molecule has 1 fully saturated rings. The van der Waals surface area contributed by atoms with Crippen LogP contribution in [-0.2, 0) is 10.8 Å². The molecule has 0 saturated heterocycles. The summed E-state index contributed by atoms with van der Waals surface area (Å²) in [5, 5.41) is 3.87. The van der Waals surface area contributed by atoms with Crippen molar-refractivity contribution in [2.75, 3.05) is 19.4 Å². The van der Waals surface area contributed by atoms with Crippen molar-refractivity contribution in [3.63, 3.8) is 0 Å². The summed E-state index contributed by atoms with van der Waals surface area (Å²) in [5.74, 6) is 1.56. The van der Waals surface area contributed by atoms with Gasteiger partial charge in [0.2, 0.25) is 0 Å². The second-order valence-electron chi connectivity index (χ2n) is 5.81. The summed E-state index contributed by atoms with van der Waals surface area (Å²) in [4.78, 5) is 0. The maximum Gasteiger partial charge on any atom is 0.123 e. The molecule has 118 valence electrons. The monoisotopic (exact) mass is 309 g/mol. The number of ether oxygens (including phenoxy) is 1. The maximum absolute atomic E-state index is 12.6. The van der Waals surface area contributed by atoms with E-state index in [2.05, 4.69) is 31.3 Å². The highest BCUT2D eigenvalue weighted by molar-refractivity contribution is 7.85. The quantitative estimate of drug-likeness (QED) is 0.839. The standard InChI is InChI=1S/C17H27NO2S/c1-4-18-16(12-21(19)14-7-5-6-8-14)15-11-13(2)9-10-17(15)20-3/h9-11,14,16,18H,4-8,12H2,1-3H3. The van der Waals surface area contributed by atoms with Gasteiger partial charge in [-0.25, -0.2) is 0 Å². The van der Waals surface area contributed by atoms with Gasteiger partial charge in [-0.3, -0.25) is 4.21 Å². The Bertz CT molecular complexity index is 484. The van der Waals surface area contributed by atoms with E-state index >= 15 is 0 Å². The van der Waals surface area contributed by atoms with Gasteiger partial charge < -0.3 is 10.1 Å². The van der Waals surface area contributed by atoms with Crippen LogP contribution in [0.4, 0.5) is 0 Å². The molecule has 2 atom stereocenters. The first-order valence-electron chi connectivity index (χ1n) is 7.90. The third-order valence-electron chi connectivity index (χ3n) is 4.22. The van der Waals surface area contributed by atoms with Gasteiger partial charge in [-0.15, -0.1) is 0 Å². The zero-order valence-corrected chi connectivity index (χ0v) is 14.2. The Hall–Kier alpha value is -0.870. The Balaban J connectivity index is 2.17. The molecule has 3 nitrogen and oxygen atoms in total. The van der Waals surface area contributed by atoms with E-state index in [4.69, 9.17) is 4.74 Å². The minimum absolute atomic E-state index is 0.103. The Labute approximate surface area is 130 Å². The van der Waals surface area contributed by atoms with Crippen molar-refractivity contribution < 1.29 is 8.95 Å². The Morgan fingerprint density at radius 3 is 2.71 bits per heavy atom. The number of benzene rings is 1. The van der Waals surface area contributed by atoms with Crippen LogP contribution in [0, 0.1) is 6.92 Å². The predicted molar refractivity (Wildman–Crippen MR) is 89.4 cm³/mol. The predicted octanol–water partition coefficient (Wildman–Crippen LogP) is 3.35. The lowest BCUT2D eigenvalue weighted by molar-refractivity contribution is 0.402. The maximum atomic E-state index is 12.6. The van der Waals surface area contributed by atoms with Gasteiger partial charge in [-0.1, -0.05) is 37.5 Å². The summed E-state index contributed by atoms with van der Waals surface area (Å²) in [7, 11) is 0.937. The Morgan fingerprint density at radius 1 is 1.38 bits per heavy atom. The van der Waals surface area contributed by atoms with E-state index in [9.17, 15) is 4.21 Å². The molecule has 0 spiro atoms. The molecule has 1 N–H and O–H groups in total. The van der Waals surface area contributed by atoms with E-state index < -0.39 is 10.8 Å². The second kappa shape index (κ2) is 7.95. The lowest BCUT2D eigenvalue weighted by Gasteiger charge is -2.22. The molecule has 4 heteroatoms. The topological polar surface area (TPSA) is 38.3 Å². The summed E-state index contributed by atoms with van der Waals surface area (Å²) in [6.45, 7) is 5.04. The molecule has 0 bridgehead atoms. The fourth-order valence-electron chi connectivity index (χ4n) is 3.08. The molecule has 1 saturated carbocycles. The molecule has 1 aliphatic rings. The molecular weight excluding hydrogens is 282 g/mol. The molecule has 2 rings (SSSR count). The van der Waals surface area contributed by atoms with Crippen LogP contribution in [0.5, 0.6) is 5.75 Å². The summed E-state index contributed by atoms with van der Waals surface area (Å²) in [6.07, 6.45) is 4.71. The fraction of sp³-hybridized carbons (Fsp3) is 0.647. The average Bonchev–Trinajstić information content (AvgIpc) is 3.01. The van der Waals surface area contributed by atoms with Crippen LogP contribution in [0.3, 0.4) is 0 Å². The number of rotatable bonds is 7. The first-order valence-corrected chi connectivity index (χ1v) is 9.29. The van der Waals surface area contributed by atoms with Crippen molar-refractivity contribution in [2.24, 2.45) is 0 Å². The summed E-state index contributed by atoms with van der Waals surface area (Å²) >= 11 is 0. The highest BCUT2D eigenvalue weighted by Gasteiger charge is 2.25. The third-order valence-corrected chi connectivity index (χ3v) is 6.09. The first kappa shape index (κ1) is 16.5. The van der Waals surface area contributed by atoms with Crippen molar-refractivity contribution in [1.82, 2.24) is 5.32 Å². The largest absolute Gasteiger partial charge is 0.496 e. The number of hydrogen-bond donors (Lipinski definition) is 1. The summed E-state index contributed by atoms with van der Waals surface area (Å²) < 4.78 is 18.1. The zero-order valence-electron chi connectivity index (χ0n) is 13.4. The van der Waals surface area contributed by atoms with Crippen LogP contribution in [0.15, 0.2) is 18.2 Å². The van der Waals surface area contributed by atoms with Crippen LogP contribution in [0.25, 0.3) is 0 Å². The second-order valence-corrected chi connectivity index (χ2v) is 7.57. The molecule has 1 aromatic carbocycles. The fourth-order valence-corrected chi connectivity index (χ4v) is 4.84. The highest BCUT2D eigenvalue weighted by atomic mass is 32.2. The van der Waals surface area contributed by atoms with Gasteiger partial charge in [-0.2, -0.15) is 0 Å². The molecule has 0 aliphatic heterocycles. The van der Waals surface area contributed by atoms with Crippen molar-refractivity contribution in [2.45, 2.75) is 50.8 Å². The van der Waals surface area contributed by atoms with Crippen LogP contribution in [0.2, 0.25) is 0 Å². The van der Waals surface area contributed by atoms with Crippen molar-refractivity contribution >= 4 is 10.8 Å². The number of nitrogens with one attached hydrogen (secondary N) is 1. The van der Waals surface area contributed by atoms with Gasteiger partial charge in [0.05, 0.1) is 7.11 Å². The van der Waals surface area contributed by atoms with Crippen LogP contribution < -0.4 is 10.1 Å². The minimum Gasteiger partial charge on any atom is -0.496 e. The smallest absolute Gasteiger partial charge is 0.123 e. The van der Waals surface area contributed by atoms with Crippen molar-refractivity contribution in [3.8, 4) is 5.75 Å². The van der Waals surface area contributed by atoms with Gasteiger partial charge >= 0.3 is 0 Å². The van der Waals surface area contributed by atoms with E-state index in [1.165, 1.54) is 18.4 Å². The van der Waals surface area contributed by atoms with E-state index in [1.54, 1.807) is 7.11 Å². The molecule has 1 aliphatic carbocycles. The van der Waals surface area contributed by atoms with Crippen LogP contribution in [-0.4, -0.2) is 28.9 Å². The van der Waals surface area contributed by atoms with E-state index in [1.807, 2.05) is 6.07 Å².